The minimum atomic E-state index is 0.356. The Morgan fingerprint density at radius 2 is 1.56 bits per heavy atom. The van der Waals surface area contributed by atoms with E-state index in [1.807, 2.05) is 30.3 Å². The minimum absolute atomic E-state index is 0.356. The van der Waals surface area contributed by atoms with Crippen molar-refractivity contribution >= 4 is 34.8 Å². The maximum atomic E-state index is 6.00. The second kappa shape index (κ2) is 4.96. The topological polar surface area (TPSA) is 9.23 Å². The first-order valence-corrected chi connectivity index (χ1v) is 5.67. The highest BCUT2D eigenvalue weighted by Crippen LogP contribution is 2.37. The summed E-state index contributed by atoms with van der Waals surface area (Å²) in [6.45, 7) is 0. The second-order valence-corrected chi connectivity index (χ2v) is 4.34. The molecule has 0 atom stereocenters. The highest BCUT2D eigenvalue weighted by Gasteiger charge is 2.08. The molecular formula is C12H7Cl3O. The smallest absolute Gasteiger partial charge is 0.149 e. The normalized spacial score (nSPS) is 10.2. The molecule has 0 aliphatic heterocycles. The Morgan fingerprint density at radius 3 is 2.25 bits per heavy atom. The van der Waals surface area contributed by atoms with E-state index in [-0.39, 0.29) is 0 Å². The lowest BCUT2D eigenvalue weighted by Crippen LogP contribution is -1.85. The van der Waals surface area contributed by atoms with Crippen LogP contribution in [0.25, 0.3) is 0 Å². The molecule has 0 radical (unpaired) electrons. The Balaban J connectivity index is 2.35. The molecule has 4 heteroatoms. The monoisotopic (exact) mass is 272 g/mol. The third-order valence-corrected chi connectivity index (χ3v) is 2.93. The lowest BCUT2D eigenvalue weighted by atomic mass is 10.3. The van der Waals surface area contributed by atoms with Gasteiger partial charge in [-0.1, -0.05) is 53.0 Å². The van der Waals surface area contributed by atoms with Crippen molar-refractivity contribution < 1.29 is 4.74 Å². The van der Waals surface area contributed by atoms with Crippen LogP contribution in [-0.2, 0) is 0 Å². The SMILES string of the molecule is Clc1cc(Cl)c(Cl)c(Oc2ccccc2)c1. The van der Waals surface area contributed by atoms with Crippen LogP contribution in [0.1, 0.15) is 0 Å². The van der Waals surface area contributed by atoms with Gasteiger partial charge >= 0.3 is 0 Å². The molecular weight excluding hydrogens is 266 g/mol. The van der Waals surface area contributed by atoms with Gasteiger partial charge in [0.15, 0.2) is 0 Å². The molecule has 1 nitrogen and oxygen atoms in total. The van der Waals surface area contributed by atoms with Crippen LogP contribution in [-0.4, -0.2) is 0 Å². The molecule has 0 saturated carbocycles. The van der Waals surface area contributed by atoms with Gasteiger partial charge in [-0.05, 0) is 18.2 Å². The predicted molar refractivity (Wildman–Crippen MR) is 68.0 cm³/mol. The van der Waals surface area contributed by atoms with E-state index in [0.717, 1.165) is 0 Å². The molecule has 0 aromatic heterocycles. The van der Waals surface area contributed by atoms with Crippen molar-refractivity contribution in [2.75, 3.05) is 0 Å². The van der Waals surface area contributed by atoms with E-state index in [0.29, 0.717) is 26.6 Å². The predicted octanol–water partition coefficient (Wildman–Crippen LogP) is 5.44. The maximum Gasteiger partial charge on any atom is 0.149 e. The number of ether oxygens (including phenoxy) is 1. The second-order valence-electron chi connectivity index (χ2n) is 3.11. The van der Waals surface area contributed by atoms with Crippen molar-refractivity contribution in [2.24, 2.45) is 0 Å². The van der Waals surface area contributed by atoms with Crippen LogP contribution in [0.4, 0.5) is 0 Å². The largest absolute Gasteiger partial charge is 0.456 e. The van der Waals surface area contributed by atoms with Gasteiger partial charge in [0, 0.05) is 11.1 Å². The number of halogens is 3. The van der Waals surface area contributed by atoms with Crippen molar-refractivity contribution in [3.05, 3.63) is 57.5 Å². The van der Waals surface area contributed by atoms with Gasteiger partial charge in [-0.3, -0.25) is 0 Å². The zero-order chi connectivity index (χ0) is 11.5. The van der Waals surface area contributed by atoms with Gasteiger partial charge in [0.2, 0.25) is 0 Å². The Hall–Kier alpha value is -0.890. The summed E-state index contributed by atoms with van der Waals surface area (Å²) in [7, 11) is 0. The summed E-state index contributed by atoms with van der Waals surface area (Å²) in [6.07, 6.45) is 0. The quantitative estimate of drug-likeness (QED) is 0.662. The fraction of sp³-hybridized carbons (Fsp3) is 0. The van der Waals surface area contributed by atoms with Crippen LogP contribution >= 0.6 is 34.8 Å². The van der Waals surface area contributed by atoms with Crippen LogP contribution < -0.4 is 4.74 Å². The zero-order valence-corrected chi connectivity index (χ0v) is 10.4. The Morgan fingerprint density at radius 1 is 0.875 bits per heavy atom. The fourth-order valence-electron chi connectivity index (χ4n) is 1.22. The van der Waals surface area contributed by atoms with E-state index < -0.39 is 0 Å². The van der Waals surface area contributed by atoms with Crippen LogP contribution in [0.15, 0.2) is 42.5 Å². The Kier molecular flexibility index (Phi) is 3.59. The molecule has 2 rings (SSSR count). The van der Waals surface area contributed by atoms with Gasteiger partial charge in [0.05, 0.1) is 5.02 Å². The van der Waals surface area contributed by atoms with Crippen LogP contribution in [0.2, 0.25) is 15.1 Å². The number of rotatable bonds is 2. The molecule has 0 aliphatic carbocycles. The average Bonchev–Trinajstić information content (AvgIpc) is 2.27. The molecule has 0 heterocycles. The summed E-state index contributed by atoms with van der Waals surface area (Å²) in [5.74, 6) is 1.13. The Bertz CT molecular complexity index is 497. The molecule has 0 saturated heterocycles. The van der Waals surface area contributed by atoms with Crippen molar-refractivity contribution in [1.29, 1.82) is 0 Å². The average molecular weight is 274 g/mol. The highest BCUT2D eigenvalue weighted by atomic mass is 35.5. The summed E-state index contributed by atoms with van der Waals surface area (Å²) in [5.41, 5.74) is 0. The molecule has 0 unspecified atom stereocenters. The summed E-state index contributed by atoms with van der Waals surface area (Å²) in [4.78, 5) is 0. The summed E-state index contributed by atoms with van der Waals surface area (Å²) in [6, 6.07) is 12.5. The number of hydrogen-bond acceptors (Lipinski definition) is 1. The molecule has 2 aromatic rings. The molecule has 2 aromatic carbocycles. The molecule has 0 N–H and O–H groups in total. The van der Waals surface area contributed by atoms with Crippen molar-refractivity contribution in [1.82, 2.24) is 0 Å². The van der Waals surface area contributed by atoms with E-state index in [1.165, 1.54) is 0 Å². The number of hydrogen-bond donors (Lipinski definition) is 0. The Labute approximate surface area is 109 Å². The first-order chi connectivity index (χ1) is 7.66. The van der Waals surface area contributed by atoms with E-state index >= 15 is 0 Å². The number of para-hydroxylation sites is 1. The molecule has 0 aliphatic rings. The van der Waals surface area contributed by atoms with Gasteiger partial charge in [0.25, 0.3) is 0 Å². The first-order valence-electron chi connectivity index (χ1n) is 4.54. The minimum Gasteiger partial charge on any atom is -0.456 e. The van der Waals surface area contributed by atoms with Gasteiger partial charge in [0.1, 0.15) is 16.5 Å². The fourth-order valence-corrected chi connectivity index (χ4v) is 1.84. The van der Waals surface area contributed by atoms with Gasteiger partial charge in [-0.2, -0.15) is 0 Å². The summed E-state index contributed by atoms with van der Waals surface area (Å²) < 4.78 is 5.57. The molecule has 0 bridgehead atoms. The third kappa shape index (κ3) is 2.62. The number of benzene rings is 2. The van der Waals surface area contributed by atoms with Crippen LogP contribution in [0, 0.1) is 0 Å². The van der Waals surface area contributed by atoms with Crippen molar-refractivity contribution in [3.8, 4) is 11.5 Å². The van der Waals surface area contributed by atoms with Crippen LogP contribution in [0.5, 0.6) is 11.5 Å². The van der Waals surface area contributed by atoms with Gasteiger partial charge < -0.3 is 4.74 Å². The van der Waals surface area contributed by atoms with Crippen molar-refractivity contribution in [2.45, 2.75) is 0 Å². The van der Waals surface area contributed by atoms with Gasteiger partial charge in [-0.25, -0.2) is 0 Å². The highest BCUT2D eigenvalue weighted by molar-refractivity contribution is 6.44. The summed E-state index contributed by atoms with van der Waals surface area (Å²) >= 11 is 17.8. The maximum absolute atomic E-state index is 6.00. The van der Waals surface area contributed by atoms with Gasteiger partial charge in [-0.15, -0.1) is 0 Å². The molecule has 0 spiro atoms. The lowest BCUT2D eigenvalue weighted by molar-refractivity contribution is 0.483. The zero-order valence-electron chi connectivity index (χ0n) is 8.08. The van der Waals surface area contributed by atoms with Crippen LogP contribution in [0.3, 0.4) is 0 Å². The standard InChI is InChI=1S/C12H7Cl3O/c13-8-6-10(14)12(15)11(7-8)16-9-4-2-1-3-5-9/h1-7H. The first kappa shape index (κ1) is 11.6. The molecule has 16 heavy (non-hydrogen) atoms. The van der Waals surface area contributed by atoms with E-state index in [2.05, 4.69) is 0 Å². The van der Waals surface area contributed by atoms with E-state index in [4.69, 9.17) is 39.5 Å². The third-order valence-electron chi connectivity index (χ3n) is 1.93. The molecule has 0 amide bonds. The summed E-state index contributed by atoms with van der Waals surface area (Å²) in [5, 5.41) is 1.22. The van der Waals surface area contributed by atoms with E-state index in [9.17, 15) is 0 Å². The molecule has 82 valence electrons. The van der Waals surface area contributed by atoms with E-state index in [1.54, 1.807) is 12.1 Å². The van der Waals surface area contributed by atoms with Crippen molar-refractivity contribution in [3.63, 3.8) is 0 Å². The molecule has 0 fully saturated rings. The lowest BCUT2D eigenvalue weighted by Gasteiger charge is -2.08.